The van der Waals surface area contributed by atoms with Crippen LogP contribution in [0.2, 0.25) is 0 Å². The zero-order chi connectivity index (χ0) is 15.6. The molecule has 1 aromatic carbocycles. The van der Waals surface area contributed by atoms with Gasteiger partial charge < -0.3 is 0 Å². The Morgan fingerprint density at radius 3 is 2.50 bits per heavy atom. The first-order valence-corrected chi connectivity index (χ1v) is 10.5. The van der Waals surface area contributed by atoms with Crippen LogP contribution in [0.15, 0.2) is 68.0 Å². The van der Waals surface area contributed by atoms with E-state index in [-0.39, 0.29) is 10.9 Å². The second kappa shape index (κ2) is 6.64. The fourth-order valence-corrected chi connectivity index (χ4v) is 5.84. The Morgan fingerprint density at radius 2 is 1.86 bits per heavy atom. The van der Waals surface area contributed by atoms with Crippen LogP contribution in [0.3, 0.4) is 0 Å². The van der Waals surface area contributed by atoms with Gasteiger partial charge in [0.05, 0.1) is 10.9 Å². The Balaban J connectivity index is 1.99. The van der Waals surface area contributed by atoms with Gasteiger partial charge in [0.15, 0.2) is 0 Å². The van der Waals surface area contributed by atoms with E-state index in [2.05, 4.69) is 20.7 Å². The zero-order valence-electron chi connectivity index (χ0n) is 11.3. The number of thiophene rings is 2. The van der Waals surface area contributed by atoms with E-state index in [9.17, 15) is 8.42 Å². The Bertz CT molecular complexity index is 809. The number of nitrogens with one attached hydrogen (secondary N) is 1. The topological polar surface area (TPSA) is 46.2 Å². The van der Waals surface area contributed by atoms with Crippen LogP contribution in [0.5, 0.6) is 0 Å². The summed E-state index contributed by atoms with van der Waals surface area (Å²) in [6.07, 6.45) is 0. The minimum absolute atomic E-state index is 0.242. The van der Waals surface area contributed by atoms with Crippen molar-refractivity contribution in [2.24, 2.45) is 0 Å². The van der Waals surface area contributed by atoms with Crippen LogP contribution < -0.4 is 4.72 Å². The highest BCUT2D eigenvalue weighted by atomic mass is 79.9. The van der Waals surface area contributed by atoms with Crippen LogP contribution >= 0.6 is 38.6 Å². The van der Waals surface area contributed by atoms with Crippen LogP contribution in [-0.4, -0.2) is 8.42 Å². The van der Waals surface area contributed by atoms with Gasteiger partial charge >= 0.3 is 0 Å². The van der Waals surface area contributed by atoms with Crippen molar-refractivity contribution in [3.8, 4) is 0 Å². The fraction of sp³-hybridized carbons (Fsp3) is 0.0667. The minimum Gasteiger partial charge on any atom is -0.207 e. The maximum Gasteiger partial charge on any atom is 0.242 e. The van der Waals surface area contributed by atoms with Gasteiger partial charge in [-0.05, 0) is 61.9 Å². The van der Waals surface area contributed by atoms with Gasteiger partial charge in [0.2, 0.25) is 10.0 Å². The number of sulfonamides is 1. The van der Waals surface area contributed by atoms with Gasteiger partial charge in [-0.25, -0.2) is 8.42 Å². The first-order chi connectivity index (χ1) is 10.6. The molecule has 2 aromatic heterocycles. The summed E-state index contributed by atoms with van der Waals surface area (Å²) >= 11 is 6.39. The van der Waals surface area contributed by atoms with Crippen molar-refractivity contribution in [1.29, 1.82) is 0 Å². The van der Waals surface area contributed by atoms with Crippen LogP contribution in [0.25, 0.3) is 0 Å². The molecule has 0 radical (unpaired) electrons. The molecular formula is C15H12BrNO2S3. The molecule has 0 saturated heterocycles. The highest BCUT2D eigenvalue weighted by Crippen LogP contribution is 2.30. The molecule has 0 bridgehead atoms. The molecule has 3 aromatic rings. The Hall–Kier alpha value is -0.990. The van der Waals surface area contributed by atoms with E-state index in [0.29, 0.717) is 4.47 Å². The van der Waals surface area contributed by atoms with E-state index >= 15 is 0 Å². The molecule has 0 aliphatic carbocycles. The first kappa shape index (κ1) is 15.9. The predicted octanol–water partition coefficient (Wildman–Crippen LogP) is 4.64. The third kappa shape index (κ3) is 3.33. The van der Waals surface area contributed by atoms with Gasteiger partial charge in [0, 0.05) is 9.35 Å². The molecule has 114 valence electrons. The molecule has 0 amide bonds. The van der Waals surface area contributed by atoms with Gasteiger partial charge in [-0.2, -0.15) is 16.1 Å². The second-order valence-corrected chi connectivity index (χ2v) is 8.85. The van der Waals surface area contributed by atoms with Crippen LogP contribution in [-0.2, 0) is 10.0 Å². The summed E-state index contributed by atoms with van der Waals surface area (Å²) in [5.41, 5.74) is 0.947. The number of rotatable bonds is 5. The smallest absolute Gasteiger partial charge is 0.207 e. The Kier molecular flexibility index (Phi) is 4.79. The van der Waals surface area contributed by atoms with Crippen molar-refractivity contribution in [2.75, 3.05) is 0 Å². The van der Waals surface area contributed by atoms with Crippen molar-refractivity contribution >= 4 is 48.6 Å². The lowest BCUT2D eigenvalue weighted by Gasteiger charge is -2.17. The largest absolute Gasteiger partial charge is 0.242 e. The molecule has 2 heterocycles. The highest BCUT2D eigenvalue weighted by molar-refractivity contribution is 9.10. The SMILES string of the molecule is O=S(=O)(N[C@H](c1ccsc1)c1cccs1)c1ccccc1Br. The summed E-state index contributed by atoms with van der Waals surface area (Å²) in [4.78, 5) is 1.21. The Labute approximate surface area is 145 Å². The van der Waals surface area contributed by atoms with E-state index < -0.39 is 10.0 Å². The third-order valence-electron chi connectivity index (χ3n) is 3.10. The summed E-state index contributed by atoms with van der Waals surface area (Å²) in [5, 5.41) is 5.86. The van der Waals surface area contributed by atoms with Gasteiger partial charge in [-0.15, -0.1) is 11.3 Å². The molecule has 0 aliphatic heterocycles. The van der Waals surface area contributed by atoms with E-state index in [1.165, 1.54) is 11.3 Å². The molecule has 3 nitrogen and oxygen atoms in total. The number of halogens is 1. The van der Waals surface area contributed by atoms with Gasteiger partial charge in [0.25, 0.3) is 0 Å². The molecular weight excluding hydrogens is 402 g/mol. The molecule has 1 atom stereocenters. The van der Waals surface area contributed by atoms with Crippen molar-refractivity contribution in [1.82, 2.24) is 4.72 Å². The lowest BCUT2D eigenvalue weighted by atomic mass is 10.1. The van der Waals surface area contributed by atoms with Crippen LogP contribution in [0.1, 0.15) is 16.5 Å². The highest BCUT2D eigenvalue weighted by Gasteiger charge is 2.25. The number of hydrogen-bond acceptors (Lipinski definition) is 4. The second-order valence-electron chi connectivity index (χ2n) is 4.56. The summed E-state index contributed by atoms with van der Waals surface area (Å²) in [6.45, 7) is 0. The minimum atomic E-state index is -3.63. The summed E-state index contributed by atoms with van der Waals surface area (Å²) in [7, 11) is -3.63. The maximum absolute atomic E-state index is 12.7. The van der Waals surface area contributed by atoms with Crippen molar-refractivity contribution in [3.05, 3.63) is 73.5 Å². The van der Waals surface area contributed by atoms with Crippen molar-refractivity contribution < 1.29 is 8.42 Å². The summed E-state index contributed by atoms with van der Waals surface area (Å²) < 4.78 is 28.8. The maximum atomic E-state index is 12.7. The lowest BCUT2D eigenvalue weighted by Crippen LogP contribution is -2.29. The average molecular weight is 414 g/mol. The standard InChI is InChI=1S/C15H12BrNO2S3/c16-12-4-1-2-6-14(12)22(18,19)17-15(11-7-9-20-10-11)13-5-3-8-21-13/h1-10,15,17H/t15-/m1/s1. The quantitative estimate of drug-likeness (QED) is 0.661. The van der Waals surface area contributed by atoms with E-state index in [4.69, 9.17) is 0 Å². The molecule has 22 heavy (non-hydrogen) atoms. The summed E-state index contributed by atoms with van der Waals surface area (Å²) in [5.74, 6) is 0. The van der Waals surface area contributed by atoms with E-state index in [0.717, 1.165) is 10.4 Å². The first-order valence-electron chi connectivity index (χ1n) is 6.40. The molecule has 0 spiro atoms. The van der Waals surface area contributed by atoms with Gasteiger partial charge in [-0.3, -0.25) is 0 Å². The van der Waals surface area contributed by atoms with Crippen molar-refractivity contribution in [2.45, 2.75) is 10.9 Å². The van der Waals surface area contributed by atoms with Gasteiger partial charge in [0.1, 0.15) is 0 Å². The fourth-order valence-electron chi connectivity index (χ4n) is 2.07. The van der Waals surface area contributed by atoms with Crippen molar-refractivity contribution in [3.63, 3.8) is 0 Å². The Morgan fingerprint density at radius 1 is 1.05 bits per heavy atom. The molecule has 0 saturated carbocycles. The average Bonchev–Trinajstić information content (AvgIpc) is 3.19. The molecule has 0 aliphatic rings. The lowest BCUT2D eigenvalue weighted by molar-refractivity contribution is 0.573. The van der Waals surface area contributed by atoms with E-state index in [1.54, 1.807) is 35.6 Å². The number of benzene rings is 1. The van der Waals surface area contributed by atoms with E-state index in [1.807, 2.05) is 34.3 Å². The van der Waals surface area contributed by atoms with Crippen LogP contribution in [0, 0.1) is 0 Å². The molecule has 3 rings (SSSR count). The molecule has 7 heteroatoms. The van der Waals surface area contributed by atoms with Gasteiger partial charge in [-0.1, -0.05) is 18.2 Å². The number of hydrogen-bond donors (Lipinski definition) is 1. The monoisotopic (exact) mass is 413 g/mol. The molecule has 1 N–H and O–H groups in total. The molecule has 0 unspecified atom stereocenters. The molecule has 0 fully saturated rings. The van der Waals surface area contributed by atoms with Crippen LogP contribution in [0.4, 0.5) is 0 Å². The normalized spacial score (nSPS) is 13.1. The zero-order valence-corrected chi connectivity index (χ0v) is 15.3. The third-order valence-corrected chi connectivity index (χ3v) is 7.18. The summed E-state index contributed by atoms with van der Waals surface area (Å²) in [6, 6.07) is 12.2. The predicted molar refractivity (Wildman–Crippen MR) is 94.9 cm³/mol.